The van der Waals surface area contributed by atoms with E-state index in [1.54, 1.807) is 0 Å². The monoisotopic (exact) mass is 847 g/mol. The van der Waals surface area contributed by atoms with Crippen LogP contribution in [0.5, 0.6) is 0 Å². The fourth-order valence-corrected chi connectivity index (χ4v) is 10.8. The van der Waals surface area contributed by atoms with Gasteiger partial charge in [0.25, 0.3) is 0 Å². The van der Waals surface area contributed by atoms with E-state index < -0.39 is 0 Å². The Kier molecular flexibility index (Phi) is 10.3. The van der Waals surface area contributed by atoms with Crippen LogP contribution in [0.3, 0.4) is 0 Å². The van der Waals surface area contributed by atoms with Gasteiger partial charge in [0.15, 0.2) is 0 Å². The minimum Gasteiger partial charge on any atom is -0.456 e. The van der Waals surface area contributed by atoms with Crippen molar-refractivity contribution < 1.29 is 4.42 Å². The molecule has 10 aromatic carbocycles. The molecule has 0 N–H and O–H groups in total. The molecule has 66 heavy (non-hydrogen) atoms. The lowest BCUT2D eigenvalue weighted by Gasteiger charge is -2.29. The fraction of sp³-hybridized carbons (Fsp3) is 0.0938. The van der Waals surface area contributed by atoms with Crippen LogP contribution in [0.25, 0.3) is 88.3 Å². The van der Waals surface area contributed by atoms with Gasteiger partial charge < -0.3 is 9.32 Å². The lowest BCUT2D eigenvalue weighted by Crippen LogP contribution is -2.11. The highest BCUT2D eigenvalue weighted by molar-refractivity contribution is 6.12. The van der Waals surface area contributed by atoms with Crippen LogP contribution in [0, 0.1) is 0 Å². The van der Waals surface area contributed by atoms with Crippen LogP contribution in [0.4, 0.5) is 17.1 Å². The second-order valence-corrected chi connectivity index (χ2v) is 17.8. The molecule has 1 fully saturated rings. The average molecular weight is 848 g/mol. The zero-order valence-electron chi connectivity index (χ0n) is 36.9. The van der Waals surface area contributed by atoms with E-state index in [-0.39, 0.29) is 0 Å². The molecule has 0 amide bonds. The standard InChI is InChI=1S/C64H49NO/c1-4-18-45(19-5-1)53-41-38-49(43-59(53)47-22-8-3-9-23-47)44-36-39-51(40-37-44)65(52-27-14-26-50(42-52)55-31-17-35-62-64(55)58-29-11-13-34-61(58)66-62)60-33-12-10-28-56(60)57-32-16-25-48-24-15-30-54(63(48)57)46-20-6-2-7-21-46/h1,3-5,8-19,22-43,46H,2,6-7,20-21H2. The topological polar surface area (TPSA) is 16.4 Å². The van der Waals surface area contributed by atoms with Gasteiger partial charge in [0.1, 0.15) is 11.2 Å². The minimum absolute atomic E-state index is 0.571. The van der Waals surface area contributed by atoms with Crippen LogP contribution >= 0.6 is 0 Å². The zero-order chi connectivity index (χ0) is 43.8. The van der Waals surface area contributed by atoms with Crippen molar-refractivity contribution in [2.24, 2.45) is 0 Å². The van der Waals surface area contributed by atoms with Gasteiger partial charge in [-0.15, -0.1) is 0 Å². The Morgan fingerprint density at radius 2 is 0.970 bits per heavy atom. The van der Waals surface area contributed by atoms with E-state index in [9.17, 15) is 0 Å². The second kappa shape index (κ2) is 17.2. The first-order valence-electron chi connectivity index (χ1n) is 23.5. The van der Waals surface area contributed by atoms with E-state index in [1.807, 2.05) is 6.07 Å². The fourth-order valence-electron chi connectivity index (χ4n) is 10.8. The van der Waals surface area contributed by atoms with Gasteiger partial charge in [-0.3, -0.25) is 0 Å². The van der Waals surface area contributed by atoms with Gasteiger partial charge in [-0.05, 0) is 134 Å². The number of hydrogen-bond donors (Lipinski definition) is 0. The van der Waals surface area contributed by atoms with Crippen molar-refractivity contribution in [1.82, 2.24) is 0 Å². The van der Waals surface area contributed by atoms with Gasteiger partial charge in [0.05, 0.1) is 5.69 Å². The number of fused-ring (bicyclic) bond motifs is 4. The molecular weight excluding hydrogens is 799 g/mol. The number of furan rings is 1. The molecule has 0 bridgehead atoms. The summed E-state index contributed by atoms with van der Waals surface area (Å²) >= 11 is 0. The Hall–Kier alpha value is -7.94. The lowest BCUT2D eigenvalue weighted by atomic mass is 9.80. The smallest absolute Gasteiger partial charge is 0.136 e. The molecule has 2 nitrogen and oxygen atoms in total. The summed E-state index contributed by atoms with van der Waals surface area (Å²) in [5.41, 5.74) is 18.6. The predicted octanol–water partition coefficient (Wildman–Crippen LogP) is 18.6. The summed E-state index contributed by atoms with van der Waals surface area (Å²) in [7, 11) is 0. The number of anilines is 3. The van der Waals surface area contributed by atoms with Crippen molar-refractivity contribution in [3.05, 3.63) is 236 Å². The molecule has 316 valence electrons. The number of hydrogen-bond acceptors (Lipinski definition) is 2. The quantitative estimate of drug-likeness (QED) is 0.144. The van der Waals surface area contributed by atoms with Crippen LogP contribution in [0.2, 0.25) is 0 Å². The van der Waals surface area contributed by atoms with Crippen LogP contribution in [0.1, 0.15) is 43.6 Å². The predicted molar refractivity (Wildman–Crippen MR) is 279 cm³/mol. The minimum atomic E-state index is 0.571. The maximum atomic E-state index is 6.38. The van der Waals surface area contributed by atoms with E-state index in [0.717, 1.165) is 50.1 Å². The molecule has 2 heteroatoms. The van der Waals surface area contributed by atoms with Crippen LogP contribution in [0.15, 0.2) is 235 Å². The SMILES string of the molecule is c1ccc(-c2ccc(-c3ccc(N(c4cccc(-c5cccc6oc7ccccc7c56)c4)c4ccccc4-c4cccc5cccc(C6CCCCC6)c45)cc3)cc2-c2ccccc2)cc1. The number of benzene rings is 10. The summed E-state index contributed by atoms with van der Waals surface area (Å²) in [6, 6.07) is 84.2. The molecule has 1 aliphatic carbocycles. The van der Waals surface area contributed by atoms with Gasteiger partial charge in [0.2, 0.25) is 0 Å². The largest absolute Gasteiger partial charge is 0.456 e. The molecule has 1 saturated carbocycles. The Morgan fingerprint density at radius 3 is 1.79 bits per heavy atom. The lowest BCUT2D eigenvalue weighted by molar-refractivity contribution is 0.445. The molecular formula is C64H49NO. The third-order valence-corrected chi connectivity index (χ3v) is 13.9. The van der Waals surface area contributed by atoms with E-state index in [2.05, 4.69) is 229 Å². The van der Waals surface area contributed by atoms with E-state index in [0.29, 0.717) is 5.92 Å². The number of para-hydroxylation sites is 2. The summed E-state index contributed by atoms with van der Waals surface area (Å²) in [5, 5.41) is 4.95. The first-order valence-corrected chi connectivity index (χ1v) is 23.5. The molecule has 1 aromatic heterocycles. The van der Waals surface area contributed by atoms with Crippen molar-refractivity contribution in [3.63, 3.8) is 0 Å². The first-order chi connectivity index (χ1) is 32.7. The Morgan fingerprint density at radius 1 is 0.348 bits per heavy atom. The summed E-state index contributed by atoms with van der Waals surface area (Å²) in [4.78, 5) is 2.46. The highest BCUT2D eigenvalue weighted by Crippen LogP contribution is 2.47. The third kappa shape index (κ3) is 7.25. The van der Waals surface area contributed by atoms with Gasteiger partial charge >= 0.3 is 0 Å². The van der Waals surface area contributed by atoms with Gasteiger partial charge in [-0.25, -0.2) is 0 Å². The second-order valence-electron chi connectivity index (χ2n) is 17.8. The zero-order valence-corrected chi connectivity index (χ0v) is 36.9. The Labute approximate surface area is 387 Å². The van der Waals surface area contributed by atoms with E-state index in [1.165, 1.54) is 92.9 Å². The molecule has 1 aliphatic rings. The summed E-state index contributed by atoms with van der Waals surface area (Å²) in [6.07, 6.45) is 6.43. The molecule has 0 atom stereocenters. The van der Waals surface area contributed by atoms with E-state index >= 15 is 0 Å². The van der Waals surface area contributed by atoms with Crippen molar-refractivity contribution >= 4 is 49.8 Å². The van der Waals surface area contributed by atoms with Crippen LogP contribution in [-0.4, -0.2) is 0 Å². The highest BCUT2D eigenvalue weighted by atomic mass is 16.3. The van der Waals surface area contributed by atoms with Crippen molar-refractivity contribution in [1.29, 1.82) is 0 Å². The Bertz CT molecular complexity index is 3500. The summed E-state index contributed by atoms with van der Waals surface area (Å²) in [5.74, 6) is 0.571. The summed E-state index contributed by atoms with van der Waals surface area (Å²) < 4.78 is 6.38. The molecule has 12 rings (SSSR count). The summed E-state index contributed by atoms with van der Waals surface area (Å²) in [6.45, 7) is 0. The van der Waals surface area contributed by atoms with Crippen molar-refractivity contribution in [2.45, 2.75) is 38.0 Å². The molecule has 0 aliphatic heterocycles. The number of rotatable bonds is 9. The average Bonchev–Trinajstić information content (AvgIpc) is 3.79. The van der Waals surface area contributed by atoms with Gasteiger partial charge in [-0.1, -0.05) is 201 Å². The van der Waals surface area contributed by atoms with Crippen LogP contribution < -0.4 is 4.90 Å². The van der Waals surface area contributed by atoms with Gasteiger partial charge in [-0.2, -0.15) is 0 Å². The van der Waals surface area contributed by atoms with Crippen LogP contribution in [-0.2, 0) is 0 Å². The van der Waals surface area contributed by atoms with E-state index in [4.69, 9.17) is 4.42 Å². The van der Waals surface area contributed by atoms with Gasteiger partial charge in [0, 0.05) is 27.7 Å². The molecule has 0 spiro atoms. The molecule has 0 saturated heterocycles. The Balaban J connectivity index is 1.03. The van der Waals surface area contributed by atoms with Crippen molar-refractivity contribution in [3.8, 4) is 55.6 Å². The molecule has 11 aromatic rings. The van der Waals surface area contributed by atoms with Crippen molar-refractivity contribution in [2.75, 3.05) is 4.90 Å². The number of nitrogens with zero attached hydrogens (tertiary/aromatic N) is 1. The normalized spacial score (nSPS) is 13.1. The maximum absolute atomic E-state index is 6.38. The molecule has 0 radical (unpaired) electrons. The molecule has 0 unspecified atom stereocenters. The highest BCUT2D eigenvalue weighted by Gasteiger charge is 2.24. The first kappa shape index (κ1) is 39.6. The third-order valence-electron chi connectivity index (χ3n) is 13.9. The molecule has 1 heterocycles. The maximum Gasteiger partial charge on any atom is 0.136 e.